The fourth-order valence-electron chi connectivity index (χ4n) is 3.22. The van der Waals surface area contributed by atoms with Gasteiger partial charge in [-0.15, -0.1) is 0 Å². The molecule has 1 amide bonds. The standard InChI is InChI=1S/C21H27N5O2/c1-23-21(24-13-16-6-5-9-19(12-16)28-15-20(22)27)25-17-10-11-26(14-17)18-7-3-2-4-8-18/h2-9,12,17H,10-11,13-15H2,1H3,(H2,22,27)(H2,23,24,25). The Morgan fingerprint density at radius 3 is 2.82 bits per heavy atom. The first-order valence-electron chi connectivity index (χ1n) is 9.41. The van der Waals surface area contributed by atoms with Gasteiger partial charge in [-0.2, -0.15) is 0 Å². The van der Waals surface area contributed by atoms with Crippen LogP contribution in [0.4, 0.5) is 5.69 Å². The van der Waals surface area contributed by atoms with E-state index in [1.54, 1.807) is 13.1 Å². The van der Waals surface area contributed by atoms with Crippen molar-refractivity contribution in [2.75, 3.05) is 31.6 Å². The molecule has 1 unspecified atom stereocenters. The van der Waals surface area contributed by atoms with Crippen molar-refractivity contribution in [2.24, 2.45) is 10.7 Å². The lowest BCUT2D eigenvalue weighted by Crippen LogP contribution is -2.44. The molecule has 1 fully saturated rings. The van der Waals surface area contributed by atoms with Crippen LogP contribution in [0.5, 0.6) is 5.75 Å². The van der Waals surface area contributed by atoms with Crippen molar-refractivity contribution < 1.29 is 9.53 Å². The fourth-order valence-corrected chi connectivity index (χ4v) is 3.22. The number of carbonyl (C=O) groups is 1. The van der Waals surface area contributed by atoms with E-state index in [0.29, 0.717) is 18.3 Å². The monoisotopic (exact) mass is 381 g/mol. The van der Waals surface area contributed by atoms with Crippen LogP contribution in [-0.2, 0) is 11.3 Å². The molecule has 0 saturated carbocycles. The Kier molecular flexibility index (Phi) is 6.73. The number of carbonyl (C=O) groups excluding carboxylic acids is 1. The van der Waals surface area contributed by atoms with Crippen molar-refractivity contribution in [3.8, 4) is 5.75 Å². The van der Waals surface area contributed by atoms with E-state index in [4.69, 9.17) is 10.5 Å². The molecule has 2 aromatic rings. The molecule has 1 aliphatic heterocycles. The molecule has 148 valence electrons. The number of anilines is 1. The summed E-state index contributed by atoms with van der Waals surface area (Å²) in [6.45, 7) is 2.45. The van der Waals surface area contributed by atoms with Gasteiger partial charge in [0.2, 0.25) is 0 Å². The molecule has 3 rings (SSSR count). The van der Waals surface area contributed by atoms with Crippen molar-refractivity contribution >= 4 is 17.6 Å². The largest absolute Gasteiger partial charge is 0.484 e. The summed E-state index contributed by atoms with van der Waals surface area (Å²) in [5.74, 6) is 0.896. The third kappa shape index (κ3) is 5.64. The van der Waals surface area contributed by atoms with E-state index in [2.05, 4.69) is 44.8 Å². The minimum atomic E-state index is -0.491. The van der Waals surface area contributed by atoms with E-state index in [-0.39, 0.29) is 6.61 Å². The van der Waals surface area contributed by atoms with Crippen LogP contribution in [0.3, 0.4) is 0 Å². The second-order valence-electron chi connectivity index (χ2n) is 6.74. The van der Waals surface area contributed by atoms with Crippen LogP contribution < -0.4 is 26.0 Å². The van der Waals surface area contributed by atoms with Gasteiger partial charge in [0.1, 0.15) is 5.75 Å². The van der Waals surface area contributed by atoms with E-state index in [0.717, 1.165) is 31.0 Å². The minimum absolute atomic E-state index is 0.125. The predicted octanol–water partition coefficient (Wildman–Crippen LogP) is 1.49. The molecule has 0 aromatic heterocycles. The van der Waals surface area contributed by atoms with Crippen LogP contribution in [0.15, 0.2) is 59.6 Å². The maximum absolute atomic E-state index is 10.8. The van der Waals surface area contributed by atoms with E-state index in [9.17, 15) is 4.79 Å². The molecule has 0 aliphatic carbocycles. The Morgan fingerprint density at radius 2 is 2.07 bits per heavy atom. The molecular formula is C21H27N5O2. The van der Waals surface area contributed by atoms with Crippen LogP contribution >= 0.6 is 0 Å². The molecular weight excluding hydrogens is 354 g/mol. The first kappa shape index (κ1) is 19.5. The zero-order chi connectivity index (χ0) is 19.8. The van der Waals surface area contributed by atoms with E-state index < -0.39 is 5.91 Å². The van der Waals surface area contributed by atoms with Gasteiger partial charge < -0.3 is 26.0 Å². The average Bonchev–Trinajstić information content (AvgIpc) is 3.19. The van der Waals surface area contributed by atoms with Gasteiger partial charge in [0.15, 0.2) is 12.6 Å². The summed E-state index contributed by atoms with van der Waals surface area (Å²) in [5, 5.41) is 6.83. The van der Waals surface area contributed by atoms with E-state index in [1.807, 2.05) is 24.3 Å². The summed E-state index contributed by atoms with van der Waals surface area (Å²) in [6.07, 6.45) is 1.06. The number of rotatable bonds is 7. The molecule has 0 bridgehead atoms. The molecule has 4 N–H and O–H groups in total. The summed E-state index contributed by atoms with van der Waals surface area (Å²) in [5.41, 5.74) is 7.40. The zero-order valence-corrected chi connectivity index (χ0v) is 16.1. The topological polar surface area (TPSA) is 92.0 Å². The number of amides is 1. The number of primary amides is 1. The SMILES string of the molecule is CN=C(NCc1cccc(OCC(N)=O)c1)NC1CCN(c2ccccc2)C1. The van der Waals surface area contributed by atoms with Crippen LogP contribution in [0, 0.1) is 0 Å². The van der Waals surface area contributed by atoms with Crippen molar-refractivity contribution in [3.63, 3.8) is 0 Å². The molecule has 1 atom stereocenters. The number of hydrogen-bond acceptors (Lipinski definition) is 4. The average molecular weight is 381 g/mol. The number of hydrogen-bond donors (Lipinski definition) is 3. The summed E-state index contributed by atoms with van der Waals surface area (Å²) in [4.78, 5) is 17.6. The predicted molar refractivity (Wildman–Crippen MR) is 112 cm³/mol. The third-order valence-corrected chi connectivity index (χ3v) is 4.61. The van der Waals surface area contributed by atoms with Gasteiger partial charge in [-0.3, -0.25) is 9.79 Å². The van der Waals surface area contributed by atoms with Crippen molar-refractivity contribution in [2.45, 2.75) is 19.0 Å². The Bertz CT molecular complexity index is 809. The van der Waals surface area contributed by atoms with Crippen molar-refractivity contribution in [3.05, 3.63) is 60.2 Å². The highest BCUT2D eigenvalue weighted by Gasteiger charge is 2.23. The number of para-hydroxylation sites is 1. The molecule has 0 radical (unpaired) electrons. The number of nitrogens with two attached hydrogens (primary N) is 1. The highest BCUT2D eigenvalue weighted by atomic mass is 16.5. The van der Waals surface area contributed by atoms with Crippen LogP contribution in [0.1, 0.15) is 12.0 Å². The summed E-state index contributed by atoms with van der Waals surface area (Å²) in [6, 6.07) is 18.4. The highest BCUT2D eigenvalue weighted by Crippen LogP contribution is 2.19. The number of nitrogens with zero attached hydrogens (tertiary/aromatic N) is 2. The summed E-state index contributed by atoms with van der Waals surface area (Å²) < 4.78 is 5.35. The number of ether oxygens (including phenoxy) is 1. The Labute approximate surface area is 165 Å². The number of nitrogens with one attached hydrogen (secondary N) is 2. The Morgan fingerprint density at radius 1 is 1.25 bits per heavy atom. The molecule has 1 saturated heterocycles. The highest BCUT2D eigenvalue weighted by molar-refractivity contribution is 5.80. The van der Waals surface area contributed by atoms with Crippen molar-refractivity contribution in [1.82, 2.24) is 10.6 Å². The third-order valence-electron chi connectivity index (χ3n) is 4.61. The Balaban J connectivity index is 1.49. The summed E-state index contributed by atoms with van der Waals surface area (Å²) >= 11 is 0. The summed E-state index contributed by atoms with van der Waals surface area (Å²) in [7, 11) is 1.77. The maximum atomic E-state index is 10.8. The van der Waals surface area contributed by atoms with Crippen molar-refractivity contribution in [1.29, 1.82) is 0 Å². The van der Waals surface area contributed by atoms with Gasteiger partial charge in [0.25, 0.3) is 5.91 Å². The lowest BCUT2D eigenvalue weighted by molar-refractivity contribution is -0.119. The number of aliphatic imine (C=N–C) groups is 1. The maximum Gasteiger partial charge on any atom is 0.255 e. The van der Waals surface area contributed by atoms with Gasteiger partial charge in [-0.1, -0.05) is 30.3 Å². The number of benzene rings is 2. The zero-order valence-electron chi connectivity index (χ0n) is 16.1. The quantitative estimate of drug-likeness (QED) is 0.499. The Hall–Kier alpha value is -3.22. The van der Waals surface area contributed by atoms with Gasteiger partial charge in [0.05, 0.1) is 0 Å². The first-order chi connectivity index (χ1) is 13.6. The first-order valence-corrected chi connectivity index (χ1v) is 9.41. The lowest BCUT2D eigenvalue weighted by atomic mass is 10.2. The molecule has 0 spiro atoms. The normalized spacial score (nSPS) is 16.7. The van der Waals surface area contributed by atoms with Crippen LogP contribution in [0.25, 0.3) is 0 Å². The molecule has 7 nitrogen and oxygen atoms in total. The van der Waals surface area contributed by atoms with Crippen LogP contribution in [-0.4, -0.2) is 44.7 Å². The molecule has 28 heavy (non-hydrogen) atoms. The van der Waals surface area contributed by atoms with E-state index >= 15 is 0 Å². The second-order valence-corrected chi connectivity index (χ2v) is 6.74. The van der Waals surface area contributed by atoms with Gasteiger partial charge in [-0.05, 0) is 36.2 Å². The smallest absolute Gasteiger partial charge is 0.255 e. The van der Waals surface area contributed by atoms with Gasteiger partial charge in [-0.25, -0.2) is 0 Å². The van der Waals surface area contributed by atoms with Gasteiger partial charge in [0, 0.05) is 38.4 Å². The number of guanidine groups is 1. The van der Waals surface area contributed by atoms with Gasteiger partial charge >= 0.3 is 0 Å². The van der Waals surface area contributed by atoms with E-state index in [1.165, 1.54) is 5.69 Å². The molecule has 1 aliphatic rings. The fraction of sp³-hybridized carbons (Fsp3) is 0.333. The minimum Gasteiger partial charge on any atom is -0.484 e. The molecule has 2 aromatic carbocycles. The van der Waals surface area contributed by atoms with Crippen LogP contribution in [0.2, 0.25) is 0 Å². The molecule has 1 heterocycles. The molecule has 7 heteroatoms. The lowest BCUT2D eigenvalue weighted by Gasteiger charge is -2.20. The second kappa shape index (κ2) is 9.64.